The maximum atomic E-state index is 12.5. The molecule has 0 radical (unpaired) electrons. The Bertz CT molecular complexity index is 937. The van der Waals surface area contributed by atoms with Crippen molar-refractivity contribution in [3.05, 3.63) is 53.3 Å². The monoisotopic (exact) mass is 364 g/mol. The van der Waals surface area contributed by atoms with Crippen LogP contribution in [0.2, 0.25) is 0 Å². The van der Waals surface area contributed by atoms with E-state index in [0.29, 0.717) is 16.6 Å². The smallest absolute Gasteiger partial charge is 0.422 e. The van der Waals surface area contributed by atoms with Crippen LogP contribution in [0.15, 0.2) is 36.7 Å². The number of aromatic nitrogens is 3. The number of nitrogens with one attached hydrogen (secondary N) is 2. The number of pyridine rings is 1. The van der Waals surface area contributed by atoms with Gasteiger partial charge in [-0.2, -0.15) is 18.3 Å². The minimum atomic E-state index is -4.44. The van der Waals surface area contributed by atoms with Crippen molar-refractivity contribution in [1.29, 1.82) is 0 Å². The number of nitrogens with zero attached hydrogens (tertiary/aromatic N) is 2. The van der Waals surface area contributed by atoms with Crippen LogP contribution in [0.4, 0.5) is 13.2 Å². The predicted octanol–water partition coefficient (Wildman–Crippen LogP) is 3.14. The number of ether oxygens (including phenoxy) is 1. The van der Waals surface area contributed by atoms with E-state index in [-0.39, 0.29) is 18.3 Å². The van der Waals surface area contributed by atoms with Gasteiger partial charge in [0.25, 0.3) is 5.91 Å². The lowest BCUT2D eigenvalue weighted by atomic mass is 10.1. The van der Waals surface area contributed by atoms with Crippen molar-refractivity contribution in [1.82, 2.24) is 20.5 Å². The second kappa shape index (κ2) is 7.03. The summed E-state index contributed by atoms with van der Waals surface area (Å²) in [6.45, 7) is 0.570. The lowest BCUT2D eigenvalue weighted by Crippen LogP contribution is -2.23. The largest absolute Gasteiger partial charge is 0.468 e. The SMILES string of the molecule is Cc1cc(C(=O)NCc2ccnc(OCC(F)(F)F)c2)c2[nH]ncc2c1. The number of hydrogen-bond donors (Lipinski definition) is 2. The van der Waals surface area contributed by atoms with Crippen LogP contribution in [0.5, 0.6) is 5.88 Å². The summed E-state index contributed by atoms with van der Waals surface area (Å²) in [4.78, 5) is 16.2. The molecule has 2 heterocycles. The number of aryl methyl sites for hydroxylation is 1. The number of halogens is 3. The highest BCUT2D eigenvalue weighted by atomic mass is 19.4. The molecule has 3 aromatic rings. The lowest BCUT2D eigenvalue weighted by Gasteiger charge is -2.10. The van der Waals surface area contributed by atoms with Gasteiger partial charge in [-0.05, 0) is 36.2 Å². The standard InChI is InChI=1S/C17H15F3N4O2/c1-10-4-12-8-23-24-15(12)13(5-10)16(25)22-7-11-2-3-21-14(6-11)26-9-17(18,19)20/h2-6,8H,7,9H2,1H3,(H,22,25)(H,23,24). The molecule has 0 aliphatic carbocycles. The molecule has 0 saturated heterocycles. The molecule has 2 aromatic heterocycles. The molecule has 136 valence electrons. The summed E-state index contributed by atoms with van der Waals surface area (Å²) in [6, 6.07) is 6.58. The zero-order valence-corrected chi connectivity index (χ0v) is 13.7. The zero-order valence-electron chi connectivity index (χ0n) is 13.7. The second-order valence-corrected chi connectivity index (χ2v) is 5.74. The molecule has 2 N–H and O–H groups in total. The third-order valence-corrected chi connectivity index (χ3v) is 3.57. The van der Waals surface area contributed by atoms with Gasteiger partial charge in [0.05, 0.1) is 17.3 Å². The summed E-state index contributed by atoms with van der Waals surface area (Å²) in [5, 5.41) is 10.3. The number of fused-ring (bicyclic) bond motifs is 1. The summed E-state index contributed by atoms with van der Waals surface area (Å²) in [5.41, 5.74) is 2.55. The summed E-state index contributed by atoms with van der Waals surface area (Å²) >= 11 is 0. The molecule has 26 heavy (non-hydrogen) atoms. The van der Waals surface area contributed by atoms with E-state index in [2.05, 4.69) is 25.2 Å². The molecule has 0 atom stereocenters. The number of hydrogen-bond acceptors (Lipinski definition) is 4. The molecule has 1 aromatic carbocycles. The molecule has 0 fully saturated rings. The van der Waals surface area contributed by atoms with Crippen LogP contribution in [0.3, 0.4) is 0 Å². The number of carbonyl (C=O) groups excluding carboxylic acids is 1. The number of rotatable bonds is 5. The summed E-state index contributed by atoms with van der Waals surface area (Å²) in [6.07, 6.45) is -1.48. The number of carbonyl (C=O) groups is 1. The minimum Gasteiger partial charge on any atom is -0.468 e. The van der Waals surface area contributed by atoms with Gasteiger partial charge in [0, 0.05) is 24.2 Å². The van der Waals surface area contributed by atoms with Crippen molar-refractivity contribution in [3.8, 4) is 5.88 Å². The average Bonchev–Trinajstić information content (AvgIpc) is 3.05. The number of aromatic amines is 1. The number of H-pyrrole nitrogens is 1. The van der Waals surface area contributed by atoms with Gasteiger partial charge in [0.2, 0.25) is 5.88 Å². The highest BCUT2D eigenvalue weighted by Gasteiger charge is 2.28. The van der Waals surface area contributed by atoms with Gasteiger partial charge in [-0.3, -0.25) is 9.89 Å². The first kappa shape index (κ1) is 17.7. The topological polar surface area (TPSA) is 79.9 Å². The van der Waals surface area contributed by atoms with E-state index in [1.807, 2.05) is 13.0 Å². The molecule has 0 aliphatic heterocycles. The van der Waals surface area contributed by atoms with E-state index in [1.165, 1.54) is 12.3 Å². The maximum absolute atomic E-state index is 12.5. The highest BCUT2D eigenvalue weighted by molar-refractivity contribution is 6.05. The molecular weight excluding hydrogens is 349 g/mol. The first-order chi connectivity index (χ1) is 12.3. The van der Waals surface area contributed by atoms with Crippen molar-refractivity contribution in [2.45, 2.75) is 19.6 Å². The Kier molecular flexibility index (Phi) is 4.79. The van der Waals surface area contributed by atoms with E-state index in [0.717, 1.165) is 10.9 Å². The fraction of sp³-hybridized carbons (Fsp3) is 0.235. The molecule has 1 amide bonds. The third kappa shape index (κ3) is 4.29. The van der Waals surface area contributed by atoms with Crippen LogP contribution in [0, 0.1) is 6.92 Å². The minimum absolute atomic E-state index is 0.118. The molecule has 6 nitrogen and oxygen atoms in total. The normalized spacial score (nSPS) is 11.5. The maximum Gasteiger partial charge on any atom is 0.422 e. The van der Waals surface area contributed by atoms with Gasteiger partial charge < -0.3 is 10.1 Å². The summed E-state index contributed by atoms with van der Waals surface area (Å²) in [5.74, 6) is -0.474. The molecule has 9 heteroatoms. The first-order valence-corrected chi connectivity index (χ1v) is 7.68. The van der Waals surface area contributed by atoms with Crippen molar-refractivity contribution >= 4 is 16.8 Å². The number of amides is 1. The van der Waals surface area contributed by atoms with Crippen LogP contribution >= 0.6 is 0 Å². The predicted molar refractivity (Wildman–Crippen MR) is 87.8 cm³/mol. The highest BCUT2D eigenvalue weighted by Crippen LogP contribution is 2.19. The third-order valence-electron chi connectivity index (χ3n) is 3.57. The van der Waals surface area contributed by atoms with E-state index in [1.54, 1.807) is 18.3 Å². The average molecular weight is 364 g/mol. The van der Waals surface area contributed by atoms with Crippen LogP contribution in [0.25, 0.3) is 10.9 Å². The van der Waals surface area contributed by atoms with Crippen molar-refractivity contribution in [3.63, 3.8) is 0 Å². The fourth-order valence-corrected chi connectivity index (χ4v) is 2.46. The van der Waals surface area contributed by atoms with Crippen molar-refractivity contribution < 1.29 is 22.7 Å². The molecule has 3 rings (SSSR count). The Morgan fingerprint density at radius 1 is 1.31 bits per heavy atom. The first-order valence-electron chi connectivity index (χ1n) is 7.68. The lowest BCUT2D eigenvalue weighted by molar-refractivity contribution is -0.154. The van der Waals surface area contributed by atoms with Gasteiger partial charge >= 0.3 is 6.18 Å². The van der Waals surface area contributed by atoms with Gasteiger partial charge in [-0.1, -0.05) is 0 Å². The molecule has 0 saturated carbocycles. The molecular formula is C17H15F3N4O2. The van der Waals surface area contributed by atoms with E-state index in [9.17, 15) is 18.0 Å². The Morgan fingerprint density at radius 2 is 2.12 bits per heavy atom. The van der Waals surface area contributed by atoms with E-state index >= 15 is 0 Å². The number of alkyl halides is 3. The van der Waals surface area contributed by atoms with Gasteiger partial charge in [-0.25, -0.2) is 4.98 Å². The van der Waals surface area contributed by atoms with Crippen LogP contribution in [-0.2, 0) is 6.54 Å². The van der Waals surface area contributed by atoms with Gasteiger partial charge in [0.1, 0.15) is 0 Å². The Balaban J connectivity index is 1.68. The molecule has 0 spiro atoms. The van der Waals surface area contributed by atoms with Crippen molar-refractivity contribution in [2.24, 2.45) is 0 Å². The zero-order chi connectivity index (χ0) is 18.7. The Morgan fingerprint density at radius 3 is 2.88 bits per heavy atom. The van der Waals surface area contributed by atoms with Gasteiger partial charge in [-0.15, -0.1) is 0 Å². The fourth-order valence-electron chi connectivity index (χ4n) is 2.46. The summed E-state index contributed by atoms with van der Waals surface area (Å²) < 4.78 is 41.2. The van der Waals surface area contributed by atoms with Crippen LogP contribution < -0.4 is 10.1 Å². The number of benzene rings is 1. The molecule has 0 unspecified atom stereocenters. The van der Waals surface area contributed by atoms with Crippen LogP contribution in [0.1, 0.15) is 21.5 Å². The van der Waals surface area contributed by atoms with E-state index in [4.69, 9.17) is 0 Å². The Hall–Kier alpha value is -3.10. The van der Waals surface area contributed by atoms with Gasteiger partial charge in [0.15, 0.2) is 6.61 Å². The van der Waals surface area contributed by atoms with E-state index < -0.39 is 12.8 Å². The Labute approximate surface area is 146 Å². The molecule has 0 bridgehead atoms. The van der Waals surface area contributed by atoms with Crippen LogP contribution in [-0.4, -0.2) is 33.9 Å². The van der Waals surface area contributed by atoms with Crippen molar-refractivity contribution in [2.75, 3.05) is 6.61 Å². The summed E-state index contributed by atoms with van der Waals surface area (Å²) in [7, 11) is 0. The second-order valence-electron chi connectivity index (χ2n) is 5.74. The molecule has 0 aliphatic rings. The quantitative estimate of drug-likeness (QED) is 0.729.